The molecule has 0 atom stereocenters. The van der Waals surface area contributed by atoms with Crippen LogP contribution in [0.25, 0.3) is 0 Å². The van der Waals surface area contributed by atoms with E-state index in [-0.39, 0.29) is 0 Å². The molecule has 0 unspecified atom stereocenters. The molecule has 0 radical (unpaired) electrons. The van der Waals surface area contributed by atoms with Gasteiger partial charge in [-0.3, -0.25) is 0 Å². The van der Waals surface area contributed by atoms with Gasteiger partial charge in [-0.25, -0.2) is 9.67 Å². The molecule has 0 saturated carbocycles. The van der Waals surface area contributed by atoms with E-state index in [2.05, 4.69) is 54.4 Å². The molecule has 0 aliphatic heterocycles. The number of benzene rings is 1. The molecule has 1 aromatic carbocycles. The summed E-state index contributed by atoms with van der Waals surface area (Å²) in [5, 5.41) is 7.53. The summed E-state index contributed by atoms with van der Waals surface area (Å²) in [5.41, 5.74) is 3.67. The number of hydrogen-bond donors (Lipinski definition) is 1. The summed E-state index contributed by atoms with van der Waals surface area (Å²) in [6, 6.07) is 6.44. The average Bonchev–Trinajstić information content (AvgIpc) is 2.72. The minimum atomic E-state index is 0.705. The van der Waals surface area contributed by atoms with Gasteiger partial charge in [-0.15, -0.1) is 0 Å². The number of anilines is 1. The summed E-state index contributed by atoms with van der Waals surface area (Å²) < 4.78 is 1.90. The summed E-state index contributed by atoms with van der Waals surface area (Å²) in [5.74, 6) is 0.964. The highest BCUT2D eigenvalue weighted by molar-refractivity contribution is 5.48. The maximum absolute atomic E-state index is 4.24. The van der Waals surface area contributed by atoms with Crippen LogP contribution in [0, 0.1) is 13.8 Å². The van der Waals surface area contributed by atoms with E-state index in [0.717, 1.165) is 18.1 Å². The number of nitrogens with zero attached hydrogens (tertiary/aromatic N) is 3. The molecule has 17 heavy (non-hydrogen) atoms. The Balaban J connectivity index is 2.07. The van der Waals surface area contributed by atoms with E-state index >= 15 is 0 Å². The molecule has 2 rings (SSSR count). The number of rotatable bonds is 4. The molecular weight excluding hydrogens is 212 g/mol. The van der Waals surface area contributed by atoms with Gasteiger partial charge in [-0.2, -0.15) is 5.10 Å². The van der Waals surface area contributed by atoms with Crippen molar-refractivity contribution >= 4 is 5.69 Å². The Hall–Kier alpha value is -1.84. The van der Waals surface area contributed by atoms with E-state index in [4.69, 9.17) is 0 Å². The number of nitrogens with one attached hydrogen (secondary N) is 1. The van der Waals surface area contributed by atoms with Crippen LogP contribution >= 0.6 is 0 Å². The third-order valence-corrected chi connectivity index (χ3v) is 2.67. The smallest absolute Gasteiger partial charge is 0.146 e. The van der Waals surface area contributed by atoms with Crippen LogP contribution in [-0.2, 0) is 13.1 Å². The van der Waals surface area contributed by atoms with Gasteiger partial charge in [0.05, 0.1) is 6.54 Å². The first-order valence-corrected chi connectivity index (χ1v) is 5.88. The highest BCUT2D eigenvalue weighted by Crippen LogP contribution is 2.14. The molecule has 0 spiro atoms. The van der Waals surface area contributed by atoms with Crippen LogP contribution in [0.2, 0.25) is 0 Å². The first-order chi connectivity index (χ1) is 8.19. The lowest BCUT2D eigenvalue weighted by Gasteiger charge is -2.08. The van der Waals surface area contributed by atoms with Crippen molar-refractivity contribution in [3.63, 3.8) is 0 Å². The second kappa shape index (κ2) is 4.99. The van der Waals surface area contributed by atoms with E-state index in [9.17, 15) is 0 Å². The fraction of sp³-hybridized carbons (Fsp3) is 0.385. The van der Waals surface area contributed by atoms with Crippen molar-refractivity contribution in [3.8, 4) is 0 Å². The van der Waals surface area contributed by atoms with Gasteiger partial charge in [0.15, 0.2) is 0 Å². The lowest BCUT2D eigenvalue weighted by atomic mass is 10.1. The number of aromatic nitrogens is 3. The Bertz CT molecular complexity index is 482. The van der Waals surface area contributed by atoms with Gasteiger partial charge in [0.2, 0.25) is 0 Å². The lowest BCUT2D eigenvalue weighted by molar-refractivity contribution is 0.622. The lowest BCUT2D eigenvalue weighted by Crippen LogP contribution is -2.09. The van der Waals surface area contributed by atoms with Crippen LogP contribution in [-0.4, -0.2) is 14.8 Å². The predicted molar refractivity (Wildman–Crippen MR) is 68.9 cm³/mol. The van der Waals surface area contributed by atoms with Crippen LogP contribution in [0.3, 0.4) is 0 Å². The Morgan fingerprint density at radius 2 is 1.88 bits per heavy atom. The third kappa shape index (κ3) is 2.84. The zero-order chi connectivity index (χ0) is 12.3. The third-order valence-electron chi connectivity index (χ3n) is 2.67. The second-order valence-corrected chi connectivity index (χ2v) is 4.22. The molecule has 0 aliphatic carbocycles. The normalized spacial score (nSPS) is 10.5. The molecule has 4 nitrogen and oxygen atoms in total. The summed E-state index contributed by atoms with van der Waals surface area (Å²) in [6.07, 6.45) is 1.60. The van der Waals surface area contributed by atoms with Crippen molar-refractivity contribution in [1.82, 2.24) is 14.8 Å². The van der Waals surface area contributed by atoms with Crippen molar-refractivity contribution < 1.29 is 0 Å². The molecule has 0 saturated heterocycles. The summed E-state index contributed by atoms with van der Waals surface area (Å²) in [4.78, 5) is 4.24. The van der Waals surface area contributed by atoms with E-state index in [1.807, 2.05) is 4.68 Å². The van der Waals surface area contributed by atoms with Crippen LogP contribution in [0.5, 0.6) is 0 Å². The summed E-state index contributed by atoms with van der Waals surface area (Å²) >= 11 is 0. The summed E-state index contributed by atoms with van der Waals surface area (Å²) in [7, 11) is 0. The fourth-order valence-corrected chi connectivity index (χ4v) is 1.95. The van der Waals surface area contributed by atoms with Crippen molar-refractivity contribution in [2.75, 3.05) is 5.32 Å². The Morgan fingerprint density at radius 1 is 1.18 bits per heavy atom. The molecule has 0 amide bonds. The molecule has 1 aromatic heterocycles. The maximum Gasteiger partial charge on any atom is 0.146 e. The van der Waals surface area contributed by atoms with E-state index in [0.29, 0.717) is 6.54 Å². The molecule has 0 aliphatic rings. The quantitative estimate of drug-likeness (QED) is 0.877. The highest BCUT2D eigenvalue weighted by atomic mass is 15.3. The second-order valence-electron chi connectivity index (χ2n) is 4.22. The molecular formula is C13H18N4. The fourth-order valence-electron chi connectivity index (χ4n) is 1.95. The van der Waals surface area contributed by atoms with E-state index < -0.39 is 0 Å². The SMILES string of the molecule is CCn1ncnc1CNc1cc(C)cc(C)c1. The monoisotopic (exact) mass is 230 g/mol. The molecule has 1 N–H and O–H groups in total. The van der Waals surface area contributed by atoms with Gasteiger partial charge in [0.25, 0.3) is 0 Å². The van der Waals surface area contributed by atoms with Gasteiger partial charge in [0, 0.05) is 12.2 Å². The zero-order valence-corrected chi connectivity index (χ0v) is 10.6. The van der Waals surface area contributed by atoms with Crippen LogP contribution in [0.15, 0.2) is 24.5 Å². The standard InChI is InChI=1S/C13H18N4/c1-4-17-13(15-9-16-17)8-14-12-6-10(2)5-11(3)7-12/h5-7,9,14H,4,8H2,1-3H3. The van der Waals surface area contributed by atoms with Crippen LogP contribution in [0.1, 0.15) is 23.9 Å². The maximum atomic E-state index is 4.24. The molecule has 4 heteroatoms. The largest absolute Gasteiger partial charge is 0.378 e. The first-order valence-electron chi connectivity index (χ1n) is 5.88. The van der Waals surface area contributed by atoms with Crippen LogP contribution in [0.4, 0.5) is 5.69 Å². The highest BCUT2D eigenvalue weighted by Gasteiger charge is 2.02. The molecule has 2 aromatic rings. The Labute approximate surface area is 102 Å². The predicted octanol–water partition coefficient (Wildman–Crippen LogP) is 2.53. The molecule has 0 bridgehead atoms. The first kappa shape index (κ1) is 11.6. The number of aryl methyl sites for hydroxylation is 3. The Kier molecular flexibility index (Phi) is 3.42. The van der Waals surface area contributed by atoms with Gasteiger partial charge >= 0.3 is 0 Å². The topological polar surface area (TPSA) is 42.7 Å². The van der Waals surface area contributed by atoms with Gasteiger partial charge < -0.3 is 5.32 Å². The van der Waals surface area contributed by atoms with Gasteiger partial charge in [0.1, 0.15) is 12.2 Å². The molecule has 0 fully saturated rings. The average molecular weight is 230 g/mol. The van der Waals surface area contributed by atoms with Crippen LogP contribution < -0.4 is 5.32 Å². The minimum Gasteiger partial charge on any atom is -0.378 e. The van der Waals surface area contributed by atoms with Crippen molar-refractivity contribution in [3.05, 3.63) is 41.5 Å². The summed E-state index contributed by atoms with van der Waals surface area (Å²) in [6.45, 7) is 7.83. The van der Waals surface area contributed by atoms with Crippen molar-refractivity contribution in [1.29, 1.82) is 0 Å². The Morgan fingerprint density at radius 3 is 2.53 bits per heavy atom. The van der Waals surface area contributed by atoms with E-state index in [1.54, 1.807) is 6.33 Å². The minimum absolute atomic E-state index is 0.705. The van der Waals surface area contributed by atoms with Crippen molar-refractivity contribution in [2.24, 2.45) is 0 Å². The molecule has 1 heterocycles. The van der Waals surface area contributed by atoms with E-state index in [1.165, 1.54) is 11.1 Å². The van der Waals surface area contributed by atoms with Gasteiger partial charge in [-0.05, 0) is 44.0 Å². The zero-order valence-electron chi connectivity index (χ0n) is 10.6. The van der Waals surface area contributed by atoms with Crippen molar-refractivity contribution in [2.45, 2.75) is 33.9 Å². The van der Waals surface area contributed by atoms with Gasteiger partial charge in [-0.1, -0.05) is 6.07 Å². The molecule has 90 valence electrons. The number of hydrogen-bond acceptors (Lipinski definition) is 3.